The number of benzene rings is 1. The predicted molar refractivity (Wildman–Crippen MR) is 78.9 cm³/mol. The Hall–Kier alpha value is -2.27. The first-order valence-electron chi connectivity index (χ1n) is 6.39. The summed E-state index contributed by atoms with van der Waals surface area (Å²) in [5.74, 6) is -0.277. The van der Waals surface area contributed by atoms with Gasteiger partial charge in [-0.3, -0.25) is 9.36 Å². The van der Waals surface area contributed by atoms with Gasteiger partial charge >= 0.3 is 0 Å². The maximum atomic E-state index is 12.8. The molecule has 0 saturated carbocycles. The summed E-state index contributed by atoms with van der Waals surface area (Å²) in [6.45, 7) is 0.443. The Morgan fingerprint density at radius 3 is 2.67 bits per heavy atom. The molecule has 0 radical (unpaired) electrons. The van der Waals surface area contributed by atoms with Crippen LogP contribution in [0.5, 0.6) is 0 Å². The fraction of sp³-hybridized carbons (Fsp3) is 0.133. The molecule has 4 nitrogen and oxygen atoms in total. The highest BCUT2D eigenvalue weighted by Gasteiger charge is 2.08. The SMILES string of the molecule is O=c1c2c(Cl)nccc2ncn1CCc1ccc(F)cc1. The number of fused-ring (bicyclic) bond motifs is 1. The zero-order valence-corrected chi connectivity index (χ0v) is 11.7. The van der Waals surface area contributed by atoms with Crippen molar-refractivity contribution >= 4 is 22.5 Å². The maximum absolute atomic E-state index is 12.8. The van der Waals surface area contributed by atoms with Crippen molar-refractivity contribution in [3.05, 3.63) is 69.7 Å². The van der Waals surface area contributed by atoms with E-state index in [-0.39, 0.29) is 16.5 Å². The van der Waals surface area contributed by atoms with E-state index in [0.717, 1.165) is 5.56 Å². The van der Waals surface area contributed by atoms with Gasteiger partial charge in [0.1, 0.15) is 16.4 Å². The standard InChI is InChI=1S/C15H11ClFN3O/c16-14-13-12(5-7-18-14)19-9-20(15(13)21)8-6-10-1-3-11(17)4-2-10/h1-5,7,9H,6,8H2. The molecular formula is C15H11ClFN3O. The number of halogens is 2. The van der Waals surface area contributed by atoms with Crippen LogP contribution in [0.25, 0.3) is 10.9 Å². The Balaban J connectivity index is 1.91. The van der Waals surface area contributed by atoms with Crippen molar-refractivity contribution in [3.8, 4) is 0 Å². The van der Waals surface area contributed by atoms with Crippen molar-refractivity contribution in [2.24, 2.45) is 0 Å². The van der Waals surface area contributed by atoms with Crippen LogP contribution in [0.1, 0.15) is 5.56 Å². The van der Waals surface area contributed by atoms with Gasteiger partial charge in [-0.1, -0.05) is 23.7 Å². The van der Waals surface area contributed by atoms with Crippen LogP contribution >= 0.6 is 11.6 Å². The second-order valence-electron chi connectivity index (χ2n) is 4.62. The molecule has 0 bridgehead atoms. The van der Waals surface area contributed by atoms with Crippen LogP contribution in [0.3, 0.4) is 0 Å². The molecule has 0 amide bonds. The van der Waals surface area contributed by atoms with Crippen LogP contribution < -0.4 is 5.56 Å². The summed E-state index contributed by atoms with van der Waals surface area (Å²) < 4.78 is 14.3. The van der Waals surface area contributed by atoms with E-state index >= 15 is 0 Å². The van der Waals surface area contributed by atoms with E-state index in [2.05, 4.69) is 9.97 Å². The third kappa shape index (κ3) is 2.78. The first kappa shape index (κ1) is 13.7. The molecule has 0 atom stereocenters. The fourth-order valence-electron chi connectivity index (χ4n) is 2.12. The molecule has 0 aliphatic rings. The predicted octanol–water partition coefficient (Wildman–Crippen LogP) is 2.83. The Labute approximate surface area is 124 Å². The van der Waals surface area contributed by atoms with Gasteiger partial charge < -0.3 is 0 Å². The lowest BCUT2D eigenvalue weighted by Crippen LogP contribution is -2.22. The van der Waals surface area contributed by atoms with Crippen molar-refractivity contribution < 1.29 is 4.39 Å². The molecule has 1 aromatic carbocycles. The van der Waals surface area contributed by atoms with Gasteiger partial charge in [0, 0.05) is 12.7 Å². The first-order valence-corrected chi connectivity index (χ1v) is 6.77. The Morgan fingerprint density at radius 2 is 1.90 bits per heavy atom. The van der Waals surface area contributed by atoms with E-state index in [4.69, 9.17) is 11.6 Å². The number of hydrogen-bond donors (Lipinski definition) is 0. The molecule has 2 aromatic heterocycles. The van der Waals surface area contributed by atoms with Gasteiger partial charge in [-0.05, 0) is 30.2 Å². The molecule has 3 aromatic rings. The molecule has 0 N–H and O–H groups in total. The van der Waals surface area contributed by atoms with E-state index in [9.17, 15) is 9.18 Å². The van der Waals surface area contributed by atoms with Gasteiger partial charge in [0.05, 0.1) is 11.8 Å². The van der Waals surface area contributed by atoms with Crippen molar-refractivity contribution in [2.45, 2.75) is 13.0 Å². The summed E-state index contributed by atoms with van der Waals surface area (Å²) in [5, 5.41) is 0.474. The topological polar surface area (TPSA) is 47.8 Å². The highest BCUT2D eigenvalue weighted by Crippen LogP contribution is 2.14. The van der Waals surface area contributed by atoms with E-state index in [1.54, 1.807) is 18.2 Å². The molecule has 3 rings (SSSR count). The average Bonchev–Trinajstić information content (AvgIpc) is 2.48. The molecule has 0 fully saturated rings. The number of aryl methyl sites for hydroxylation is 2. The monoisotopic (exact) mass is 303 g/mol. The molecule has 0 unspecified atom stereocenters. The first-order chi connectivity index (χ1) is 10.1. The van der Waals surface area contributed by atoms with E-state index < -0.39 is 0 Å². The minimum atomic E-state index is -0.277. The summed E-state index contributed by atoms with van der Waals surface area (Å²) in [7, 11) is 0. The quantitative estimate of drug-likeness (QED) is 0.699. The van der Waals surface area contributed by atoms with Crippen molar-refractivity contribution in [1.29, 1.82) is 0 Å². The third-order valence-electron chi connectivity index (χ3n) is 3.25. The Morgan fingerprint density at radius 1 is 1.14 bits per heavy atom. The zero-order chi connectivity index (χ0) is 14.8. The summed E-state index contributed by atoms with van der Waals surface area (Å²) in [4.78, 5) is 20.5. The van der Waals surface area contributed by atoms with Gasteiger partial charge in [0.25, 0.3) is 5.56 Å². The highest BCUT2D eigenvalue weighted by atomic mass is 35.5. The summed E-state index contributed by atoms with van der Waals surface area (Å²) >= 11 is 5.96. The number of hydrogen-bond acceptors (Lipinski definition) is 3. The molecular weight excluding hydrogens is 293 g/mol. The van der Waals surface area contributed by atoms with Crippen molar-refractivity contribution in [1.82, 2.24) is 14.5 Å². The number of nitrogens with zero attached hydrogens (tertiary/aromatic N) is 3. The van der Waals surface area contributed by atoms with Crippen molar-refractivity contribution in [3.63, 3.8) is 0 Å². The summed E-state index contributed by atoms with van der Waals surface area (Å²) in [5.41, 5.74) is 1.25. The van der Waals surface area contributed by atoms with Gasteiger partial charge in [-0.15, -0.1) is 0 Å². The molecule has 106 valence electrons. The number of pyridine rings is 1. The Bertz CT molecular complexity index is 846. The molecule has 0 aliphatic carbocycles. The Kier molecular flexibility index (Phi) is 3.66. The molecule has 0 spiro atoms. The minimum absolute atomic E-state index is 0.154. The van der Waals surface area contributed by atoms with E-state index in [1.165, 1.54) is 29.2 Å². The van der Waals surface area contributed by atoms with Gasteiger partial charge in [-0.25, -0.2) is 14.4 Å². The molecule has 21 heavy (non-hydrogen) atoms. The fourth-order valence-corrected chi connectivity index (χ4v) is 2.35. The molecule has 2 heterocycles. The average molecular weight is 304 g/mol. The summed E-state index contributed by atoms with van der Waals surface area (Å²) in [6.07, 6.45) is 3.61. The highest BCUT2D eigenvalue weighted by molar-refractivity contribution is 6.33. The normalized spacial score (nSPS) is 11.0. The van der Waals surface area contributed by atoms with Crippen LogP contribution in [0.15, 0.2) is 47.7 Å². The smallest absolute Gasteiger partial charge is 0.264 e. The van der Waals surface area contributed by atoms with Crippen LogP contribution in [0, 0.1) is 5.82 Å². The largest absolute Gasteiger partial charge is 0.298 e. The second-order valence-corrected chi connectivity index (χ2v) is 4.97. The number of aromatic nitrogens is 3. The van der Waals surface area contributed by atoms with E-state index in [1.807, 2.05) is 0 Å². The van der Waals surface area contributed by atoms with Crippen molar-refractivity contribution in [2.75, 3.05) is 0 Å². The lowest BCUT2D eigenvalue weighted by Gasteiger charge is -2.07. The van der Waals surface area contributed by atoms with Crippen LogP contribution in [0.4, 0.5) is 4.39 Å². The third-order valence-corrected chi connectivity index (χ3v) is 3.53. The van der Waals surface area contributed by atoms with Crippen LogP contribution in [-0.4, -0.2) is 14.5 Å². The summed E-state index contributed by atoms with van der Waals surface area (Å²) in [6, 6.07) is 7.84. The number of rotatable bonds is 3. The second kappa shape index (κ2) is 5.61. The molecule has 0 saturated heterocycles. The van der Waals surface area contributed by atoms with Gasteiger partial charge in [0.15, 0.2) is 0 Å². The lowest BCUT2D eigenvalue weighted by atomic mass is 10.1. The van der Waals surface area contributed by atoms with Gasteiger partial charge in [-0.2, -0.15) is 0 Å². The van der Waals surface area contributed by atoms with E-state index in [0.29, 0.717) is 23.9 Å². The van der Waals surface area contributed by atoms with Crippen LogP contribution in [-0.2, 0) is 13.0 Å². The lowest BCUT2D eigenvalue weighted by molar-refractivity contribution is 0.624. The molecule has 6 heteroatoms. The minimum Gasteiger partial charge on any atom is -0.298 e. The van der Waals surface area contributed by atoms with Crippen LogP contribution in [0.2, 0.25) is 5.15 Å². The molecule has 0 aliphatic heterocycles. The van der Waals surface area contributed by atoms with Gasteiger partial charge in [0.2, 0.25) is 0 Å². The zero-order valence-electron chi connectivity index (χ0n) is 11.0. The maximum Gasteiger partial charge on any atom is 0.264 e.